The largest absolute Gasteiger partial charge is 0.481 e. The number of nitrogen functional groups attached to an aromatic ring is 1. The van der Waals surface area contributed by atoms with Crippen molar-refractivity contribution >= 4 is 40.1 Å². The zero-order chi connectivity index (χ0) is 27.6. The SMILES string of the molecule is Cc1ccc(N(CCC(=O)O)C(=O)c2ccc3c(c2)nc(CNc2ccc(C(=N)N)cc2F)n3C)cc1F. The average Bonchev–Trinajstić information content (AvgIpc) is 3.19. The molecule has 0 radical (unpaired) electrons. The summed E-state index contributed by atoms with van der Waals surface area (Å²) in [5, 5.41) is 19.5. The minimum Gasteiger partial charge on any atom is -0.481 e. The molecular formula is C27H26F2N6O3. The lowest BCUT2D eigenvalue weighted by Gasteiger charge is -2.22. The molecule has 0 unspecified atom stereocenters. The van der Waals surface area contributed by atoms with Crippen LogP contribution in [0, 0.1) is 24.0 Å². The Balaban J connectivity index is 1.60. The standard InChI is InChI=1S/C27H26F2N6O3/c1-15-3-6-18(13-19(15)28)35(10-9-25(36)37)27(38)17-5-8-23-22(12-17)33-24(34(23)2)14-32-21-7-4-16(26(30)31)11-20(21)29/h3-8,11-13,32H,9-10,14H2,1-2H3,(H3,30,31)(H,36,37). The van der Waals surface area contributed by atoms with E-state index in [9.17, 15) is 18.4 Å². The van der Waals surface area contributed by atoms with Crippen molar-refractivity contribution in [1.29, 1.82) is 5.41 Å². The Kier molecular flexibility index (Phi) is 7.38. The van der Waals surface area contributed by atoms with Gasteiger partial charge in [-0.2, -0.15) is 0 Å². The van der Waals surface area contributed by atoms with Crippen LogP contribution in [0.5, 0.6) is 0 Å². The predicted molar refractivity (Wildman–Crippen MR) is 141 cm³/mol. The molecule has 0 bridgehead atoms. The monoisotopic (exact) mass is 520 g/mol. The maximum Gasteiger partial charge on any atom is 0.305 e. The Morgan fingerprint density at radius 3 is 2.47 bits per heavy atom. The topological polar surface area (TPSA) is 137 Å². The predicted octanol–water partition coefficient (Wildman–Crippen LogP) is 4.18. The van der Waals surface area contributed by atoms with Crippen LogP contribution in [0.2, 0.25) is 0 Å². The number of fused-ring (bicyclic) bond motifs is 1. The van der Waals surface area contributed by atoms with E-state index in [1.54, 1.807) is 42.8 Å². The lowest BCUT2D eigenvalue weighted by molar-refractivity contribution is -0.136. The third-order valence-corrected chi connectivity index (χ3v) is 6.20. The van der Waals surface area contributed by atoms with Crippen LogP contribution in [0.25, 0.3) is 11.0 Å². The molecule has 1 heterocycles. The van der Waals surface area contributed by atoms with Crippen LogP contribution in [0.15, 0.2) is 54.6 Å². The number of amidine groups is 1. The second-order valence-electron chi connectivity index (χ2n) is 8.79. The van der Waals surface area contributed by atoms with Crippen LogP contribution >= 0.6 is 0 Å². The molecule has 0 aliphatic heterocycles. The maximum atomic E-state index is 14.4. The Morgan fingerprint density at radius 1 is 1.08 bits per heavy atom. The molecule has 0 aliphatic rings. The van der Waals surface area contributed by atoms with Crippen LogP contribution in [0.4, 0.5) is 20.2 Å². The molecule has 0 saturated heterocycles. The number of aliphatic carboxylic acids is 1. The summed E-state index contributed by atoms with van der Waals surface area (Å²) in [5.41, 5.74) is 8.05. The van der Waals surface area contributed by atoms with Crippen molar-refractivity contribution in [1.82, 2.24) is 9.55 Å². The van der Waals surface area contributed by atoms with Gasteiger partial charge < -0.3 is 25.6 Å². The minimum absolute atomic E-state index is 0.139. The number of halogens is 2. The number of nitrogens with two attached hydrogens (primary N) is 1. The fourth-order valence-corrected chi connectivity index (χ4v) is 4.00. The molecule has 1 amide bonds. The van der Waals surface area contributed by atoms with Gasteiger partial charge in [0.25, 0.3) is 5.91 Å². The van der Waals surface area contributed by atoms with Crippen molar-refractivity contribution in [2.45, 2.75) is 19.9 Å². The van der Waals surface area contributed by atoms with E-state index in [4.69, 9.17) is 16.2 Å². The molecule has 0 saturated carbocycles. The minimum atomic E-state index is -1.08. The summed E-state index contributed by atoms with van der Waals surface area (Å²) in [7, 11) is 1.79. The molecular weight excluding hydrogens is 494 g/mol. The van der Waals surface area contributed by atoms with Crippen molar-refractivity contribution in [2.24, 2.45) is 12.8 Å². The molecule has 1 aromatic heterocycles. The smallest absolute Gasteiger partial charge is 0.305 e. The van der Waals surface area contributed by atoms with Crippen molar-refractivity contribution in [3.8, 4) is 0 Å². The molecule has 0 atom stereocenters. The first kappa shape index (κ1) is 26.3. The molecule has 11 heteroatoms. The third-order valence-electron chi connectivity index (χ3n) is 6.20. The molecule has 0 aliphatic carbocycles. The molecule has 4 aromatic rings. The van der Waals surface area contributed by atoms with Gasteiger partial charge in [-0.05, 0) is 61.0 Å². The van der Waals surface area contributed by atoms with Gasteiger partial charge in [-0.15, -0.1) is 0 Å². The van der Waals surface area contributed by atoms with E-state index in [0.717, 1.165) is 5.52 Å². The van der Waals surface area contributed by atoms with Crippen LogP contribution in [-0.2, 0) is 18.4 Å². The number of amides is 1. The molecule has 38 heavy (non-hydrogen) atoms. The normalized spacial score (nSPS) is 10.9. The molecule has 0 fully saturated rings. The van der Waals surface area contributed by atoms with Gasteiger partial charge in [-0.3, -0.25) is 15.0 Å². The molecule has 196 valence electrons. The van der Waals surface area contributed by atoms with Crippen LogP contribution in [-0.4, -0.2) is 38.9 Å². The molecule has 9 nitrogen and oxygen atoms in total. The van der Waals surface area contributed by atoms with Gasteiger partial charge in [0.05, 0.1) is 29.7 Å². The number of carbonyl (C=O) groups excluding carboxylic acids is 1. The Hall–Kier alpha value is -4.80. The number of carboxylic acid groups (broad SMARTS) is 1. The number of carboxylic acids is 1. The number of hydrogen-bond donors (Lipinski definition) is 4. The summed E-state index contributed by atoms with van der Waals surface area (Å²) < 4.78 is 30.4. The highest BCUT2D eigenvalue weighted by molar-refractivity contribution is 6.07. The van der Waals surface area contributed by atoms with E-state index in [0.29, 0.717) is 16.9 Å². The van der Waals surface area contributed by atoms with Crippen molar-refractivity contribution in [3.63, 3.8) is 0 Å². The van der Waals surface area contributed by atoms with Crippen molar-refractivity contribution < 1.29 is 23.5 Å². The van der Waals surface area contributed by atoms with E-state index >= 15 is 0 Å². The summed E-state index contributed by atoms with van der Waals surface area (Å²) in [5.74, 6) is -2.29. The number of nitrogens with one attached hydrogen (secondary N) is 2. The highest BCUT2D eigenvalue weighted by atomic mass is 19.1. The van der Waals surface area contributed by atoms with Crippen LogP contribution in [0.1, 0.15) is 33.7 Å². The number of nitrogens with zero attached hydrogens (tertiary/aromatic N) is 3. The molecule has 4 rings (SSSR count). The summed E-state index contributed by atoms with van der Waals surface area (Å²) >= 11 is 0. The van der Waals surface area contributed by atoms with Crippen LogP contribution in [0.3, 0.4) is 0 Å². The summed E-state index contributed by atoms with van der Waals surface area (Å²) in [4.78, 5) is 30.4. The van der Waals surface area contributed by atoms with Crippen molar-refractivity contribution in [2.75, 3.05) is 16.8 Å². The quantitative estimate of drug-likeness (QED) is 0.193. The van der Waals surface area contributed by atoms with Gasteiger partial charge in [-0.1, -0.05) is 6.07 Å². The zero-order valence-electron chi connectivity index (χ0n) is 20.8. The first-order valence-corrected chi connectivity index (χ1v) is 11.7. The lowest BCUT2D eigenvalue weighted by atomic mass is 10.1. The Labute approximate surface area is 217 Å². The van der Waals surface area contributed by atoms with Gasteiger partial charge in [0.1, 0.15) is 23.3 Å². The Morgan fingerprint density at radius 2 is 1.82 bits per heavy atom. The zero-order valence-corrected chi connectivity index (χ0v) is 20.8. The number of imidazole rings is 1. The average molecular weight is 521 g/mol. The summed E-state index contributed by atoms with van der Waals surface area (Å²) in [6.07, 6.45) is -0.313. The lowest BCUT2D eigenvalue weighted by Crippen LogP contribution is -2.33. The van der Waals surface area contributed by atoms with Gasteiger partial charge in [0.15, 0.2) is 0 Å². The number of aryl methyl sites for hydroxylation is 2. The van der Waals surface area contributed by atoms with E-state index in [1.807, 2.05) is 0 Å². The van der Waals surface area contributed by atoms with Gasteiger partial charge >= 0.3 is 5.97 Å². The second-order valence-corrected chi connectivity index (χ2v) is 8.79. The number of aromatic nitrogens is 2. The van der Waals surface area contributed by atoms with Crippen LogP contribution < -0.4 is 16.0 Å². The third kappa shape index (κ3) is 5.46. The van der Waals surface area contributed by atoms with E-state index in [2.05, 4.69) is 10.3 Å². The highest BCUT2D eigenvalue weighted by Gasteiger charge is 2.21. The molecule has 0 spiro atoms. The first-order valence-electron chi connectivity index (χ1n) is 11.7. The number of hydrogen-bond acceptors (Lipinski definition) is 5. The number of carbonyl (C=O) groups is 2. The maximum absolute atomic E-state index is 14.4. The molecule has 5 N–H and O–H groups in total. The fraction of sp³-hybridized carbons (Fsp3) is 0.185. The number of benzene rings is 3. The Bertz CT molecular complexity index is 1570. The first-order chi connectivity index (χ1) is 18.0. The van der Waals surface area contributed by atoms with E-state index in [-0.39, 0.29) is 47.8 Å². The highest BCUT2D eigenvalue weighted by Crippen LogP contribution is 2.24. The van der Waals surface area contributed by atoms with E-state index in [1.165, 1.54) is 35.2 Å². The number of rotatable bonds is 9. The van der Waals surface area contributed by atoms with Gasteiger partial charge in [-0.25, -0.2) is 13.8 Å². The molecule has 3 aromatic carbocycles. The fourth-order valence-electron chi connectivity index (χ4n) is 4.00. The summed E-state index contributed by atoms with van der Waals surface area (Å²) in [6.45, 7) is 1.64. The van der Waals surface area contributed by atoms with Gasteiger partial charge in [0, 0.05) is 30.4 Å². The van der Waals surface area contributed by atoms with Crippen molar-refractivity contribution in [3.05, 3.63) is 88.7 Å². The van der Waals surface area contributed by atoms with E-state index < -0.39 is 23.5 Å². The summed E-state index contributed by atoms with van der Waals surface area (Å²) in [6, 6.07) is 13.4. The van der Waals surface area contributed by atoms with Gasteiger partial charge in [0.2, 0.25) is 0 Å². The second kappa shape index (κ2) is 10.7. The number of anilines is 2.